The van der Waals surface area contributed by atoms with Crippen LogP contribution in [0.3, 0.4) is 0 Å². The molecule has 3 N–H and O–H groups in total. The number of halogens is 1. The van der Waals surface area contributed by atoms with Gasteiger partial charge in [0, 0.05) is 24.4 Å². The first-order valence-corrected chi connectivity index (χ1v) is 7.31. The minimum Gasteiger partial charge on any atom is -0.398 e. The Hall–Kier alpha value is -1.30. The molecule has 0 saturated carbocycles. The fourth-order valence-electron chi connectivity index (χ4n) is 2.68. The van der Waals surface area contributed by atoms with Crippen molar-refractivity contribution in [3.63, 3.8) is 0 Å². The third-order valence-electron chi connectivity index (χ3n) is 4.02. The highest BCUT2D eigenvalue weighted by Gasteiger charge is 2.34. The Kier molecular flexibility index (Phi) is 5.08. The first kappa shape index (κ1) is 16.1. The van der Waals surface area contributed by atoms with Gasteiger partial charge in [0.15, 0.2) is 0 Å². The fourth-order valence-corrected chi connectivity index (χ4v) is 2.92. The summed E-state index contributed by atoms with van der Waals surface area (Å²) in [6.07, 6.45) is 0.842. The van der Waals surface area contributed by atoms with E-state index < -0.39 is 0 Å². The number of aliphatic hydroxyl groups is 1. The van der Waals surface area contributed by atoms with Crippen LogP contribution in [0.5, 0.6) is 0 Å². The molecule has 0 radical (unpaired) electrons. The van der Waals surface area contributed by atoms with Crippen molar-refractivity contribution < 1.29 is 14.6 Å². The van der Waals surface area contributed by atoms with Gasteiger partial charge in [0.25, 0.3) is 0 Å². The molecular formula is C15H21ClN2O3. The molecular weight excluding hydrogens is 292 g/mol. The lowest BCUT2D eigenvalue weighted by atomic mass is 10.1. The van der Waals surface area contributed by atoms with E-state index in [4.69, 9.17) is 22.1 Å². The molecule has 21 heavy (non-hydrogen) atoms. The maximum Gasteiger partial charge on any atom is 0.227 e. The van der Waals surface area contributed by atoms with Gasteiger partial charge in [-0.15, -0.1) is 0 Å². The molecule has 1 heterocycles. The average Bonchev–Trinajstić information content (AvgIpc) is 2.88. The number of rotatable bonds is 4. The molecule has 5 nitrogen and oxygen atoms in total. The summed E-state index contributed by atoms with van der Waals surface area (Å²) in [6.45, 7) is 2.33. The SMILES string of the molecule is CO[C@H]1CC(CO)N(C(=O)Cc2cc(C)c(N)cc2Cl)C1. The Morgan fingerprint density at radius 2 is 2.29 bits per heavy atom. The quantitative estimate of drug-likeness (QED) is 0.824. The summed E-state index contributed by atoms with van der Waals surface area (Å²) >= 11 is 6.15. The van der Waals surface area contributed by atoms with Gasteiger partial charge in [0.1, 0.15) is 0 Å². The number of likely N-dealkylation sites (tertiary alicyclic amines) is 1. The highest BCUT2D eigenvalue weighted by atomic mass is 35.5. The molecule has 6 heteroatoms. The minimum atomic E-state index is -0.184. The number of hydrogen-bond acceptors (Lipinski definition) is 4. The van der Waals surface area contributed by atoms with Gasteiger partial charge >= 0.3 is 0 Å². The van der Waals surface area contributed by atoms with Crippen LogP contribution in [-0.4, -0.2) is 48.3 Å². The van der Waals surface area contributed by atoms with E-state index in [1.54, 1.807) is 18.1 Å². The second-order valence-electron chi connectivity index (χ2n) is 5.45. The van der Waals surface area contributed by atoms with Crippen molar-refractivity contribution in [2.45, 2.75) is 31.9 Å². The number of carbonyl (C=O) groups excluding carboxylic acids is 1. The van der Waals surface area contributed by atoms with E-state index in [9.17, 15) is 9.90 Å². The minimum absolute atomic E-state index is 0.0188. The van der Waals surface area contributed by atoms with Gasteiger partial charge in [-0.05, 0) is 30.5 Å². The number of amides is 1. The molecule has 1 amide bonds. The molecule has 2 atom stereocenters. The van der Waals surface area contributed by atoms with Crippen molar-refractivity contribution in [1.82, 2.24) is 4.90 Å². The standard InChI is InChI=1S/C15H21ClN2O3/c1-9-3-10(13(16)6-14(9)17)4-15(20)18-7-12(21-2)5-11(18)8-19/h3,6,11-12,19H,4-5,7-8,17H2,1-2H3/t11?,12-/m0/s1. The van der Waals surface area contributed by atoms with Crippen LogP contribution in [0.4, 0.5) is 5.69 Å². The summed E-state index contributed by atoms with van der Waals surface area (Å²) in [5.41, 5.74) is 8.06. The number of hydrogen-bond donors (Lipinski definition) is 2. The Bertz CT molecular complexity index is 536. The summed E-state index contributed by atoms with van der Waals surface area (Å²) in [5, 5.41) is 9.90. The molecule has 0 spiro atoms. The molecule has 0 bridgehead atoms. The summed E-state index contributed by atoms with van der Waals surface area (Å²) in [4.78, 5) is 14.1. The number of nitrogens with zero attached hydrogens (tertiary/aromatic N) is 1. The Balaban J connectivity index is 2.12. The monoisotopic (exact) mass is 312 g/mol. The normalized spacial score (nSPS) is 21.8. The molecule has 0 aromatic heterocycles. The number of methoxy groups -OCH3 is 1. The second kappa shape index (κ2) is 6.64. The van der Waals surface area contributed by atoms with Crippen LogP contribution in [0.1, 0.15) is 17.5 Å². The molecule has 1 aliphatic rings. The van der Waals surface area contributed by atoms with Crippen molar-refractivity contribution in [3.05, 3.63) is 28.3 Å². The summed E-state index contributed by atoms with van der Waals surface area (Å²) in [5.74, 6) is -0.0559. The van der Waals surface area contributed by atoms with Gasteiger partial charge in [0.05, 0.1) is 25.2 Å². The van der Waals surface area contributed by atoms with Crippen LogP contribution in [0.25, 0.3) is 0 Å². The topological polar surface area (TPSA) is 75.8 Å². The van der Waals surface area contributed by atoms with Crippen LogP contribution in [0, 0.1) is 6.92 Å². The Morgan fingerprint density at radius 1 is 1.57 bits per heavy atom. The molecule has 1 aromatic carbocycles. The third-order valence-corrected chi connectivity index (χ3v) is 4.37. The van der Waals surface area contributed by atoms with Crippen molar-refractivity contribution in [2.75, 3.05) is 26.0 Å². The zero-order valence-electron chi connectivity index (χ0n) is 12.3. The lowest BCUT2D eigenvalue weighted by molar-refractivity contribution is -0.132. The van der Waals surface area contributed by atoms with Crippen molar-refractivity contribution in [1.29, 1.82) is 0 Å². The number of carbonyl (C=O) groups is 1. The molecule has 1 fully saturated rings. The van der Waals surface area contributed by atoms with Crippen molar-refractivity contribution >= 4 is 23.2 Å². The number of benzene rings is 1. The molecule has 1 saturated heterocycles. The molecule has 116 valence electrons. The van der Waals surface area contributed by atoms with E-state index in [1.165, 1.54) is 0 Å². The molecule has 0 aliphatic carbocycles. The predicted octanol–water partition coefficient (Wildman–Crippen LogP) is 1.38. The Morgan fingerprint density at radius 3 is 2.90 bits per heavy atom. The predicted molar refractivity (Wildman–Crippen MR) is 82.3 cm³/mol. The summed E-state index contributed by atoms with van der Waals surface area (Å²) in [6, 6.07) is 3.33. The molecule has 1 aliphatic heterocycles. The van der Waals surface area contributed by atoms with E-state index >= 15 is 0 Å². The largest absolute Gasteiger partial charge is 0.398 e. The van der Waals surface area contributed by atoms with Gasteiger partial charge < -0.3 is 20.5 Å². The number of ether oxygens (including phenoxy) is 1. The maximum atomic E-state index is 12.5. The van der Waals surface area contributed by atoms with Crippen LogP contribution in [0.15, 0.2) is 12.1 Å². The number of nitrogens with two attached hydrogens (primary N) is 1. The summed E-state index contributed by atoms with van der Waals surface area (Å²) in [7, 11) is 1.62. The van der Waals surface area contributed by atoms with Gasteiger partial charge in [-0.2, -0.15) is 0 Å². The highest BCUT2D eigenvalue weighted by molar-refractivity contribution is 6.31. The Labute approximate surface area is 129 Å². The number of nitrogen functional groups attached to an aromatic ring is 1. The van der Waals surface area contributed by atoms with Gasteiger partial charge in [-0.3, -0.25) is 4.79 Å². The molecule has 1 aromatic rings. The lowest BCUT2D eigenvalue weighted by Gasteiger charge is -2.23. The summed E-state index contributed by atoms with van der Waals surface area (Å²) < 4.78 is 5.28. The maximum absolute atomic E-state index is 12.5. The molecule has 1 unspecified atom stereocenters. The average molecular weight is 313 g/mol. The number of aliphatic hydroxyl groups excluding tert-OH is 1. The number of aryl methyl sites for hydroxylation is 1. The van der Waals surface area contributed by atoms with Crippen LogP contribution >= 0.6 is 11.6 Å². The van der Waals surface area contributed by atoms with E-state index in [2.05, 4.69) is 0 Å². The smallest absolute Gasteiger partial charge is 0.227 e. The second-order valence-corrected chi connectivity index (χ2v) is 5.86. The lowest BCUT2D eigenvalue weighted by Crippen LogP contribution is -2.39. The van der Waals surface area contributed by atoms with Crippen molar-refractivity contribution in [3.8, 4) is 0 Å². The van der Waals surface area contributed by atoms with Gasteiger partial charge in [-0.25, -0.2) is 0 Å². The van der Waals surface area contributed by atoms with E-state index in [0.29, 0.717) is 23.7 Å². The zero-order valence-corrected chi connectivity index (χ0v) is 13.1. The highest BCUT2D eigenvalue weighted by Crippen LogP contribution is 2.26. The van der Waals surface area contributed by atoms with Crippen LogP contribution in [-0.2, 0) is 16.0 Å². The van der Waals surface area contributed by atoms with Gasteiger partial charge in [0.2, 0.25) is 5.91 Å². The van der Waals surface area contributed by atoms with E-state index in [0.717, 1.165) is 11.1 Å². The van der Waals surface area contributed by atoms with Crippen molar-refractivity contribution in [2.24, 2.45) is 0 Å². The van der Waals surface area contributed by atoms with E-state index in [-0.39, 0.29) is 31.1 Å². The van der Waals surface area contributed by atoms with Crippen LogP contribution < -0.4 is 5.73 Å². The van der Waals surface area contributed by atoms with Gasteiger partial charge in [-0.1, -0.05) is 17.7 Å². The zero-order chi connectivity index (χ0) is 15.6. The first-order chi connectivity index (χ1) is 9.96. The van der Waals surface area contributed by atoms with E-state index in [1.807, 2.05) is 13.0 Å². The first-order valence-electron chi connectivity index (χ1n) is 6.93. The fraction of sp³-hybridized carbons (Fsp3) is 0.533. The molecule has 2 rings (SSSR count). The third kappa shape index (κ3) is 3.48. The number of anilines is 1. The van der Waals surface area contributed by atoms with Crippen LogP contribution in [0.2, 0.25) is 5.02 Å².